The highest BCUT2D eigenvalue weighted by Crippen LogP contribution is 2.44. The van der Waals surface area contributed by atoms with E-state index in [-0.39, 0.29) is 21.8 Å². The van der Waals surface area contributed by atoms with Crippen molar-refractivity contribution < 1.29 is 89.1 Å². The van der Waals surface area contributed by atoms with Crippen LogP contribution in [-0.2, 0) is 51.1 Å². The Kier molecular flexibility index (Phi) is 41.4. The molecule has 20 atom stereocenters. The number of carbonyl (C=O) groups is 2. The molecule has 0 aliphatic carbocycles. The lowest BCUT2D eigenvalue weighted by Gasteiger charge is -2.34. The van der Waals surface area contributed by atoms with E-state index in [2.05, 4.69) is 152 Å². The molecule has 714 valence electrons. The molecule has 0 radical (unpaired) electrons. The molecule has 1 amide bonds. The molecule has 10 heterocycles. The van der Waals surface area contributed by atoms with Crippen LogP contribution in [0.5, 0.6) is 0 Å². The van der Waals surface area contributed by atoms with E-state index in [0.29, 0.717) is 73.3 Å². The Balaban J connectivity index is 0.000000245. The summed E-state index contributed by atoms with van der Waals surface area (Å²) in [7, 11) is 1.19. The number of aromatic amines is 4. The van der Waals surface area contributed by atoms with Crippen molar-refractivity contribution in [3.63, 3.8) is 0 Å². The van der Waals surface area contributed by atoms with Gasteiger partial charge in [0.1, 0.15) is 66.9 Å². The van der Waals surface area contributed by atoms with Crippen molar-refractivity contribution in [2.24, 2.45) is 0 Å². The van der Waals surface area contributed by atoms with Crippen molar-refractivity contribution in [3.8, 4) is 0 Å². The lowest BCUT2D eigenvalue weighted by atomic mass is 10.1. The number of aromatic nitrogens is 8. The number of hydrogen-bond donors (Lipinski definition) is 17. The first kappa shape index (κ1) is 109. The van der Waals surface area contributed by atoms with Crippen molar-refractivity contribution in [1.82, 2.24) is 59.1 Å². The topological polar surface area (TPSA) is 534 Å². The molecule has 4 aromatic rings. The van der Waals surface area contributed by atoms with Crippen LogP contribution in [0.3, 0.4) is 0 Å². The summed E-state index contributed by atoms with van der Waals surface area (Å²) in [6.07, 6.45) is 25.3. The first-order valence-electron chi connectivity index (χ1n) is 41.9. The molecule has 0 saturated carbocycles. The number of aliphatic hydroxyl groups is 10. The minimum Gasteiger partial charge on any atom is -0.466 e. The molecule has 0 spiro atoms. The van der Waals surface area contributed by atoms with E-state index in [1.165, 1.54) is 53.5 Å². The molecular formula is C84H137N12O25P5S. The molecule has 6 aliphatic heterocycles. The second-order valence-electron chi connectivity index (χ2n) is 35.7. The van der Waals surface area contributed by atoms with E-state index in [4.69, 9.17) is 35.9 Å². The molecule has 43 heteroatoms. The summed E-state index contributed by atoms with van der Waals surface area (Å²) in [5.74, 6) is -0.684. The van der Waals surface area contributed by atoms with Gasteiger partial charge < -0.3 is 100 Å². The van der Waals surface area contributed by atoms with Gasteiger partial charge in [0.25, 0.3) is 28.1 Å². The Bertz CT molecular complexity index is 5170. The number of rotatable bonds is 33. The highest BCUT2D eigenvalue weighted by molar-refractivity contribution is 7.73. The van der Waals surface area contributed by atoms with E-state index < -0.39 is 197 Å². The van der Waals surface area contributed by atoms with E-state index >= 15 is 0 Å². The average molecular weight is 1900 g/mol. The Hall–Kier alpha value is -6.60. The van der Waals surface area contributed by atoms with Gasteiger partial charge in [-0.05, 0) is 180 Å². The van der Waals surface area contributed by atoms with E-state index in [1.54, 1.807) is 18.3 Å². The van der Waals surface area contributed by atoms with Crippen LogP contribution in [0.15, 0.2) is 107 Å². The fourth-order valence-corrected chi connectivity index (χ4v) is 18.9. The molecule has 17 N–H and O–H groups in total. The smallest absolute Gasteiger partial charge is 0.330 e. The van der Waals surface area contributed by atoms with Crippen LogP contribution >= 0.6 is 46.6 Å². The minimum absolute atomic E-state index is 0.00134. The highest BCUT2D eigenvalue weighted by atomic mass is 32.1. The number of amides is 1. The number of H-pyrrole nitrogens is 4. The van der Waals surface area contributed by atoms with Crippen molar-refractivity contribution >= 4 is 102 Å². The van der Waals surface area contributed by atoms with Gasteiger partial charge in [0.05, 0.1) is 54.3 Å². The summed E-state index contributed by atoms with van der Waals surface area (Å²) in [6.45, 7) is 30.1. The van der Waals surface area contributed by atoms with Crippen LogP contribution in [-0.4, -0.2) is 353 Å². The van der Waals surface area contributed by atoms with Crippen LogP contribution in [0, 0.1) is 4.77 Å². The molecule has 6 aliphatic rings. The standard InChI is InChI=1S/C17H30N3O5P.C17H30N3O4PS.C17H25N2O7P.C17H27N2O5P.C16H25N2O4P/c1-5-7-18-9-11-10-20(17(24)19-15(11)23)16-14(22)13(21)12(25-16)6-8-26(2,3)4;1-5-7-18-9-11-10-20(17(26)19-15(11)23)16-14(22)13(21)12(24-16)6-8-25(2,3)4;1-25-12(20)6-5-10-9-19(17(24)18-15(10)23)16-14(22)13(21)11(26-16)7-8-27(2,3)4;1-5-6-7-11-10-19(17(23)18-15(11)22)16-14(21)13(20)12(24-16)8-9-25(2,3)4;1-6-11-9-18(10(2)17-15(11)21)16-14(20)13(19)12(22-16)7-8-23(3,4)5/h10,12-14,16,18,21-22H,2,5-9H2,1,3-4H3,(H,19,23,24);10,12-14,16,18,21-22H,2,5-9H2,1,3-4H3,(H,19,23,26);5-6,9,11,13-14,16,21-22H,2,7-8H2,1,3-4H3,(H,18,23,24);6-7,10,12-14,16,20-21H,2,5,8-9H2,1,3-4H3,(H,18,22,23);6,9,12-14,16,19-20H,1-3,7-8H2,4-5H3,(H,17,21)/b;;6-5+;7-6+;/t2*12-,13-,14-,16-;11-,13-,14-,16-;2*12-,13-,14-,16-/m11111/s1. The van der Waals surface area contributed by atoms with Crippen LogP contribution in [0.2, 0.25) is 0 Å². The first-order valence-corrected chi connectivity index (χ1v) is 57.6. The monoisotopic (exact) mass is 1900 g/mol. The van der Waals surface area contributed by atoms with Crippen LogP contribution in [0.4, 0.5) is 0 Å². The van der Waals surface area contributed by atoms with E-state index in [1.807, 2.05) is 20.8 Å². The van der Waals surface area contributed by atoms with Gasteiger partial charge in [0, 0.05) is 61.3 Å². The molecule has 0 unspecified atom stereocenters. The van der Waals surface area contributed by atoms with Gasteiger partial charge in [-0.3, -0.25) is 62.2 Å². The maximum absolute atomic E-state index is 12.2. The molecule has 5 fully saturated rings. The molecule has 0 aromatic carbocycles. The van der Waals surface area contributed by atoms with Crippen molar-refractivity contribution in [3.05, 3.63) is 174 Å². The zero-order chi connectivity index (χ0) is 95.5. The number of nitrogens with one attached hydrogen (secondary N) is 7. The number of methoxy groups -OCH3 is 1. The predicted octanol–water partition coefficient (Wildman–Crippen LogP) is 1.50. The second kappa shape index (κ2) is 48.2. The van der Waals surface area contributed by atoms with Crippen molar-refractivity contribution in [2.75, 3.05) is 118 Å². The average Bonchev–Trinajstić information content (AvgIpc) is 1.69. The number of allylic oxidation sites excluding steroid dienone is 1. The molecule has 127 heavy (non-hydrogen) atoms. The molecular weight excluding hydrogens is 1760 g/mol. The summed E-state index contributed by atoms with van der Waals surface area (Å²) < 4.78 is 38.4. The Morgan fingerprint density at radius 1 is 0.465 bits per heavy atom. The number of ether oxygens (including phenoxy) is 6. The summed E-state index contributed by atoms with van der Waals surface area (Å²) in [6, 6.07) is 0. The molecule has 37 nitrogen and oxygen atoms in total. The third-order valence-corrected chi connectivity index (χ3v) is 28.8. The largest absolute Gasteiger partial charge is 0.466 e. The van der Waals surface area contributed by atoms with Crippen LogP contribution in [0.25, 0.3) is 12.2 Å². The zero-order valence-electron chi connectivity index (χ0n) is 75.3. The Morgan fingerprint density at radius 2 is 0.772 bits per heavy atom. The molecule has 0 bridgehead atoms. The third-order valence-electron chi connectivity index (χ3n) is 21.2. The normalized spacial score (nSPS) is 27.4. The van der Waals surface area contributed by atoms with Gasteiger partial charge in [0.2, 0.25) is 0 Å². The van der Waals surface area contributed by atoms with Crippen molar-refractivity contribution in [2.45, 2.75) is 208 Å². The number of nitrogens with zero attached hydrogens (tertiary/aromatic N) is 5. The van der Waals surface area contributed by atoms with Gasteiger partial charge in [-0.2, -0.15) is 0 Å². The Labute approximate surface area is 745 Å². The quantitative estimate of drug-likeness (QED) is 0.0106. The van der Waals surface area contributed by atoms with Crippen LogP contribution < -0.4 is 55.3 Å². The van der Waals surface area contributed by atoms with Crippen molar-refractivity contribution in [1.29, 1.82) is 0 Å². The molecule has 5 saturated heterocycles. The fraction of sp³-hybridized carbons (Fsp3) is 0.607. The van der Waals surface area contributed by atoms with Gasteiger partial charge in [-0.1, -0.05) is 52.2 Å². The van der Waals surface area contributed by atoms with Gasteiger partial charge in [-0.15, -0.1) is 65.9 Å². The van der Waals surface area contributed by atoms with Gasteiger partial charge in [-0.25, -0.2) is 19.2 Å². The summed E-state index contributed by atoms with van der Waals surface area (Å²) in [5.41, 5.74) is -2.57. The van der Waals surface area contributed by atoms with Crippen LogP contribution in [0.1, 0.15) is 119 Å². The molecule has 10 rings (SSSR count). The zero-order valence-corrected chi connectivity index (χ0v) is 80.6. The number of esters is 1. The first-order chi connectivity index (χ1) is 59.1. The van der Waals surface area contributed by atoms with Gasteiger partial charge >= 0.3 is 23.0 Å². The fourth-order valence-electron chi connectivity index (χ4n) is 13.9. The highest BCUT2D eigenvalue weighted by Gasteiger charge is 2.50. The second-order valence-corrected chi connectivity index (χ2v) is 57.7. The predicted molar refractivity (Wildman–Crippen MR) is 513 cm³/mol. The number of aliphatic hydroxyl groups excluding tert-OH is 10. The Morgan fingerprint density at radius 3 is 1.10 bits per heavy atom. The van der Waals surface area contributed by atoms with E-state index in [0.717, 1.165) is 82.9 Å². The number of hydrogen-bond acceptors (Lipinski definition) is 29. The maximum Gasteiger partial charge on any atom is 0.330 e. The number of carbonyl (C=O) groups excluding carboxylic acids is 2. The molecule has 4 aromatic heterocycles. The van der Waals surface area contributed by atoms with E-state index in [9.17, 15) is 94.2 Å². The maximum atomic E-state index is 12.2. The van der Waals surface area contributed by atoms with Gasteiger partial charge in [0.15, 0.2) is 35.9 Å². The lowest BCUT2D eigenvalue weighted by molar-refractivity contribution is -0.134. The third kappa shape index (κ3) is 32.1. The summed E-state index contributed by atoms with van der Waals surface area (Å²) in [4.78, 5) is 118. The SMILES string of the molecule is C=CC1=CN([C@@H]2O[C@H](CCP(=C)(C)C)[C@@H](O)[C@H]2O)C(=C)NC1=O.C=P(C)(C)CC[C@H]1O[C@@H](n2cc(/C=C/C(=O)OC)c(=O)[nH]c2=O)[C@H](O)[C@@H]1O.C=P(C)(C)CC[C@H]1O[C@@H](n2cc(/C=C/CC)c(=O)[nH]c2=O)[C@H](O)[C@@H]1O.C=P(C)(C)CC[C@H]1O[C@@H](n2cc(CNCCC)c(=O)[nH]c2=O)[C@H](O)[C@@H]1O.C=P(C)(C)CC[C@H]1O[C@@H](n2cc(CNCCC)c(=O)[nH]c2=S)[C@H](O)[C@@H]1O. The summed E-state index contributed by atoms with van der Waals surface area (Å²) >= 11 is 5.24. The minimum atomic E-state index is -1.35. The summed E-state index contributed by atoms with van der Waals surface area (Å²) in [5, 5.41) is 112. The lowest BCUT2D eigenvalue weighted by Crippen LogP contribution is -2.47.